The van der Waals surface area contributed by atoms with Gasteiger partial charge in [-0.15, -0.1) is 0 Å². The summed E-state index contributed by atoms with van der Waals surface area (Å²) >= 11 is 6.17. The van der Waals surface area contributed by atoms with Gasteiger partial charge in [-0.25, -0.2) is 0 Å². The van der Waals surface area contributed by atoms with Gasteiger partial charge in [-0.3, -0.25) is 14.4 Å². The fraction of sp³-hybridized carbons (Fsp3) is 0.483. The molecule has 3 aliphatic rings. The Bertz CT molecular complexity index is 1110. The van der Waals surface area contributed by atoms with Crippen molar-refractivity contribution >= 4 is 29.2 Å². The van der Waals surface area contributed by atoms with Crippen molar-refractivity contribution in [3.05, 3.63) is 70.2 Å². The molecule has 2 heterocycles. The van der Waals surface area contributed by atoms with Crippen molar-refractivity contribution in [1.82, 2.24) is 9.80 Å². The van der Waals surface area contributed by atoms with E-state index in [0.717, 1.165) is 43.2 Å². The van der Waals surface area contributed by atoms with E-state index in [-0.39, 0.29) is 29.6 Å². The lowest BCUT2D eigenvalue weighted by Crippen LogP contribution is -2.52. The SMILES string of the molecule is Cc1ccc(C(=O)C2CCN(C(=O)C3CC4CCCCC4N3C(=O)c3cccc(Cl)c3)CC2)cc1. The zero-order valence-electron chi connectivity index (χ0n) is 20.3. The van der Waals surface area contributed by atoms with Crippen LogP contribution in [0.15, 0.2) is 48.5 Å². The number of nitrogens with zero attached hydrogens (tertiary/aromatic N) is 2. The molecule has 3 fully saturated rings. The Kier molecular flexibility index (Phi) is 6.97. The maximum absolute atomic E-state index is 13.8. The van der Waals surface area contributed by atoms with Crippen LogP contribution in [0.1, 0.15) is 71.2 Å². The molecular weight excluding hydrogens is 460 g/mol. The van der Waals surface area contributed by atoms with Gasteiger partial charge in [0.15, 0.2) is 5.78 Å². The minimum atomic E-state index is -0.432. The summed E-state index contributed by atoms with van der Waals surface area (Å²) in [7, 11) is 0. The summed E-state index contributed by atoms with van der Waals surface area (Å²) < 4.78 is 0. The minimum Gasteiger partial charge on any atom is -0.341 e. The molecule has 0 aromatic heterocycles. The average molecular weight is 493 g/mol. The molecule has 1 saturated carbocycles. The highest BCUT2D eigenvalue weighted by Gasteiger charge is 2.49. The largest absolute Gasteiger partial charge is 0.341 e. The number of hydrogen-bond acceptors (Lipinski definition) is 3. The van der Waals surface area contributed by atoms with Gasteiger partial charge in [0.1, 0.15) is 6.04 Å². The third-order valence-electron chi connectivity index (χ3n) is 8.19. The summed E-state index contributed by atoms with van der Waals surface area (Å²) in [6.07, 6.45) is 6.34. The second kappa shape index (κ2) is 10.1. The number of hydrogen-bond donors (Lipinski definition) is 0. The van der Waals surface area contributed by atoms with Crippen LogP contribution in [0.3, 0.4) is 0 Å². The molecule has 2 aliphatic heterocycles. The van der Waals surface area contributed by atoms with Crippen LogP contribution in [-0.4, -0.2) is 52.6 Å². The van der Waals surface area contributed by atoms with Gasteiger partial charge in [0.05, 0.1) is 0 Å². The lowest BCUT2D eigenvalue weighted by atomic mass is 9.84. The average Bonchev–Trinajstić information content (AvgIpc) is 3.27. The smallest absolute Gasteiger partial charge is 0.254 e. The molecular formula is C29H33ClN2O3. The predicted molar refractivity (Wildman–Crippen MR) is 137 cm³/mol. The van der Waals surface area contributed by atoms with Gasteiger partial charge in [0.2, 0.25) is 5.91 Å². The molecule has 35 heavy (non-hydrogen) atoms. The van der Waals surface area contributed by atoms with E-state index >= 15 is 0 Å². The van der Waals surface area contributed by atoms with E-state index in [2.05, 4.69) is 0 Å². The van der Waals surface area contributed by atoms with Crippen LogP contribution in [0.25, 0.3) is 0 Å². The number of aryl methyl sites for hydroxylation is 1. The van der Waals surface area contributed by atoms with Gasteiger partial charge in [-0.05, 0) is 63.1 Å². The first-order chi connectivity index (χ1) is 16.9. The van der Waals surface area contributed by atoms with Crippen molar-refractivity contribution in [2.75, 3.05) is 13.1 Å². The second-order valence-electron chi connectivity index (χ2n) is 10.4. The summed E-state index contributed by atoms with van der Waals surface area (Å²) in [5.74, 6) is 0.432. The zero-order chi connectivity index (χ0) is 24.5. The van der Waals surface area contributed by atoms with Crippen LogP contribution in [0.5, 0.6) is 0 Å². The molecule has 184 valence electrons. The fourth-order valence-electron chi connectivity index (χ4n) is 6.27. The Morgan fingerprint density at radius 1 is 0.886 bits per heavy atom. The van der Waals surface area contributed by atoms with Crippen molar-refractivity contribution in [3.8, 4) is 0 Å². The molecule has 5 rings (SSSR count). The van der Waals surface area contributed by atoms with Crippen LogP contribution >= 0.6 is 11.6 Å². The van der Waals surface area contributed by atoms with Gasteiger partial charge < -0.3 is 9.80 Å². The van der Waals surface area contributed by atoms with Crippen LogP contribution < -0.4 is 0 Å². The molecule has 2 aromatic rings. The van der Waals surface area contributed by atoms with Gasteiger partial charge in [-0.2, -0.15) is 0 Å². The molecule has 1 aliphatic carbocycles. The molecule has 0 N–H and O–H groups in total. The van der Waals surface area contributed by atoms with Crippen molar-refractivity contribution < 1.29 is 14.4 Å². The molecule has 6 heteroatoms. The molecule has 0 bridgehead atoms. The number of likely N-dealkylation sites (tertiary alicyclic amines) is 2. The van der Waals surface area contributed by atoms with Crippen LogP contribution in [-0.2, 0) is 4.79 Å². The maximum atomic E-state index is 13.8. The molecule has 0 spiro atoms. The molecule has 0 radical (unpaired) electrons. The lowest BCUT2D eigenvalue weighted by Gasteiger charge is -2.37. The van der Waals surface area contributed by atoms with Crippen molar-refractivity contribution in [2.24, 2.45) is 11.8 Å². The summed E-state index contributed by atoms with van der Waals surface area (Å²) in [5, 5.41) is 0.526. The molecule has 3 atom stereocenters. The number of rotatable bonds is 4. The Labute approximate surface area is 212 Å². The maximum Gasteiger partial charge on any atom is 0.254 e. The van der Waals surface area contributed by atoms with E-state index in [1.807, 2.05) is 41.0 Å². The summed E-state index contributed by atoms with van der Waals surface area (Å²) in [4.78, 5) is 44.1. The topological polar surface area (TPSA) is 57.7 Å². The van der Waals surface area contributed by atoms with E-state index in [4.69, 9.17) is 11.6 Å². The highest BCUT2D eigenvalue weighted by molar-refractivity contribution is 6.31. The highest BCUT2D eigenvalue weighted by Crippen LogP contribution is 2.41. The molecule has 2 aromatic carbocycles. The number of fused-ring (bicyclic) bond motifs is 1. The number of Topliss-reactive ketones (excluding diaryl/α,β-unsaturated/α-hetero) is 1. The van der Waals surface area contributed by atoms with Crippen molar-refractivity contribution in [2.45, 2.75) is 64.0 Å². The third kappa shape index (κ3) is 4.88. The number of carbonyl (C=O) groups excluding carboxylic acids is 3. The van der Waals surface area contributed by atoms with Crippen molar-refractivity contribution in [3.63, 3.8) is 0 Å². The monoisotopic (exact) mass is 492 g/mol. The summed E-state index contributed by atoms with van der Waals surface area (Å²) in [6.45, 7) is 3.14. The summed E-state index contributed by atoms with van der Waals surface area (Å²) in [5.41, 5.74) is 2.43. The third-order valence-corrected chi connectivity index (χ3v) is 8.43. The molecule has 2 amide bonds. The van der Waals surface area contributed by atoms with Crippen LogP contribution in [0.4, 0.5) is 0 Å². The Morgan fingerprint density at radius 3 is 2.31 bits per heavy atom. The predicted octanol–water partition coefficient (Wildman–Crippen LogP) is 5.54. The number of carbonyl (C=O) groups is 3. The van der Waals surface area contributed by atoms with E-state index in [0.29, 0.717) is 42.4 Å². The lowest BCUT2D eigenvalue weighted by molar-refractivity contribution is -0.136. The zero-order valence-corrected chi connectivity index (χ0v) is 21.0. The molecule has 5 nitrogen and oxygen atoms in total. The Morgan fingerprint density at radius 2 is 1.60 bits per heavy atom. The van der Waals surface area contributed by atoms with Gasteiger partial charge >= 0.3 is 0 Å². The quantitative estimate of drug-likeness (QED) is 0.526. The first-order valence-electron chi connectivity index (χ1n) is 12.9. The summed E-state index contributed by atoms with van der Waals surface area (Å²) in [6, 6.07) is 14.5. The molecule has 2 saturated heterocycles. The second-order valence-corrected chi connectivity index (χ2v) is 10.9. The first kappa shape index (κ1) is 24.1. The normalized spacial score (nSPS) is 24.8. The first-order valence-corrected chi connectivity index (χ1v) is 13.3. The van der Waals surface area contributed by atoms with Crippen LogP contribution in [0.2, 0.25) is 5.02 Å². The number of ketones is 1. The van der Waals surface area contributed by atoms with Gasteiger partial charge in [0, 0.05) is 41.2 Å². The highest BCUT2D eigenvalue weighted by atomic mass is 35.5. The van der Waals surface area contributed by atoms with Gasteiger partial charge in [0.25, 0.3) is 5.91 Å². The van der Waals surface area contributed by atoms with E-state index in [9.17, 15) is 14.4 Å². The van der Waals surface area contributed by atoms with Crippen molar-refractivity contribution in [1.29, 1.82) is 0 Å². The van der Waals surface area contributed by atoms with E-state index in [1.165, 1.54) is 0 Å². The molecule has 3 unspecified atom stereocenters. The number of amides is 2. The number of piperidine rings is 1. The van der Waals surface area contributed by atoms with E-state index in [1.54, 1.807) is 24.3 Å². The van der Waals surface area contributed by atoms with Crippen LogP contribution in [0, 0.1) is 18.8 Å². The Balaban J connectivity index is 1.30. The number of halogens is 1. The number of benzene rings is 2. The Hall–Kier alpha value is -2.66. The minimum absolute atomic E-state index is 0.0380. The fourth-order valence-corrected chi connectivity index (χ4v) is 6.46. The van der Waals surface area contributed by atoms with Gasteiger partial charge in [-0.1, -0.05) is 60.3 Å². The van der Waals surface area contributed by atoms with E-state index < -0.39 is 6.04 Å². The standard InChI is InChI=1S/C29H33ClN2O3/c1-19-9-11-20(12-10-19)27(33)21-13-15-31(16-14-21)29(35)26-18-22-5-2-3-8-25(22)32(26)28(34)23-6-4-7-24(30)17-23/h4,6-7,9-12,17,21-22,25-26H,2-3,5,8,13-16,18H2,1H3.